The third kappa shape index (κ3) is 4.80. The predicted octanol–water partition coefficient (Wildman–Crippen LogP) is 1.88. The van der Waals surface area contributed by atoms with Gasteiger partial charge in [0.1, 0.15) is 30.6 Å². The van der Waals surface area contributed by atoms with E-state index in [0.717, 1.165) is 12.0 Å². The third-order valence-corrected chi connectivity index (χ3v) is 5.15. The van der Waals surface area contributed by atoms with Crippen molar-refractivity contribution < 1.29 is 19.0 Å². The van der Waals surface area contributed by atoms with E-state index in [1.165, 1.54) is 23.1 Å². The molecule has 2 atom stereocenters. The van der Waals surface area contributed by atoms with E-state index in [2.05, 4.69) is 15.5 Å². The lowest BCUT2D eigenvalue weighted by molar-refractivity contribution is 0.0789. The van der Waals surface area contributed by atoms with E-state index in [0.29, 0.717) is 24.4 Å². The number of likely N-dealkylation sites (tertiary alicyclic amines) is 1. The Morgan fingerprint density at radius 2 is 1.97 bits per heavy atom. The predicted molar refractivity (Wildman–Crippen MR) is 105 cm³/mol. The molecule has 0 aliphatic carbocycles. The highest BCUT2D eigenvalue weighted by molar-refractivity contribution is 5.94. The molecule has 3 aromatic rings. The number of rotatable bonds is 7. The Hall–Kier alpha value is -3.33. The van der Waals surface area contributed by atoms with Gasteiger partial charge in [0.2, 0.25) is 0 Å². The molecule has 1 N–H and O–H groups in total. The highest BCUT2D eigenvalue weighted by atomic mass is 19.1. The number of hydrogen-bond donors (Lipinski definition) is 1. The number of ether oxygens (including phenoxy) is 1. The number of nitrogens with zero attached hydrogens (tertiary/aromatic N) is 5. The van der Waals surface area contributed by atoms with Crippen molar-refractivity contribution in [2.45, 2.75) is 25.0 Å². The van der Waals surface area contributed by atoms with Crippen LogP contribution in [0, 0.1) is 5.82 Å². The lowest BCUT2D eigenvalue weighted by Gasteiger charge is -2.17. The highest BCUT2D eigenvalue weighted by Crippen LogP contribution is 2.28. The number of amides is 1. The molecule has 1 aliphatic heterocycles. The van der Waals surface area contributed by atoms with Gasteiger partial charge in [-0.25, -0.2) is 9.07 Å². The van der Waals surface area contributed by atoms with Gasteiger partial charge in [0.05, 0.1) is 6.54 Å². The van der Waals surface area contributed by atoms with Crippen LogP contribution in [0.4, 0.5) is 4.39 Å². The fraction of sp³-hybridized carbons (Fsp3) is 0.333. The number of carbonyl (C=O) groups is 1. The molecule has 156 valence electrons. The van der Waals surface area contributed by atoms with Crippen LogP contribution in [0.25, 0.3) is 0 Å². The molecule has 2 aromatic carbocycles. The molecule has 1 aliphatic rings. The Morgan fingerprint density at radius 3 is 2.67 bits per heavy atom. The zero-order chi connectivity index (χ0) is 20.9. The molecule has 0 saturated carbocycles. The first-order valence-corrected chi connectivity index (χ1v) is 9.75. The molecule has 2 heterocycles. The summed E-state index contributed by atoms with van der Waals surface area (Å²) >= 11 is 0. The molecular formula is C21H22FN5O3. The van der Waals surface area contributed by atoms with Crippen molar-refractivity contribution in [2.24, 2.45) is 0 Å². The molecule has 0 radical (unpaired) electrons. The second kappa shape index (κ2) is 9.00. The zero-order valence-corrected chi connectivity index (χ0v) is 16.3. The Labute approximate surface area is 172 Å². The molecule has 1 saturated heterocycles. The van der Waals surface area contributed by atoms with Crippen molar-refractivity contribution in [1.29, 1.82) is 0 Å². The molecule has 1 aromatic heterocycles. The van der Waals surface area contributed by atoms with Crippen LogP contribution in [0.1, 0.15) is 28.3 Å². The summed E-state index contributed by atoms with van der Waals surface area (Å²) in [5.74, 6) is 0.492. The maximum Gasteiger partial charge on any atom is 0.253 e. The average Bonchev–Trinajstić information content (AvgIpc) is 3.45. The van der Waals surface area contributed by atoms with Gasteiger partial charge >= 0.3 is 0 Å². The lowest BCUT2D eigenvalue weighted by atomic mass is 9.99. The van der Waals surface area contributed by atoms with Crippen molar-refractivity contribution in [1.82, 2.24) is 25.1 Å². The van der Waals surface area contributed by atoms with Crippen molar-refractivity contribution in [2.75, 3.05) is 19.7 Å². The normalized spacial score (nSPS) is 17.1. The van der Waals surface area contributed by atoms with Gasteiger partial charge in [0.25, 0.3) is 5.91 Å². The van der Waals surface area contributed by atoms with Crippen LogP contribution in [0.3, 0.4) is 0 Å². The van der Waals surface area contributed by atoms with Crippen LogP contribution in [0.15, 0.2) is 54.9 Å². The minimum atomic E-state index is -0.761. The molecule has 4 rings (SSSR count). The number of benzene rings is 2. The van der Waals surface area contributed by atoms with E-state index in [1.807, 2.05) is 4.90 Å². The SMILES string of the molecule is O=C(c1ccc(OCC(O)Cn2cnnn2)cc1)N1CCC(c2ccc(F)cc2)C1. The summed E-state index contributed by atoms with van der Waals surface area (Å²) in [6.45, 7) is 1.60. The summed E-state index contributed by atoms with van der Waals surface area (Å²) in [5, 5.41) is 20.7. The van der Waals surface area contributed by atoms with E-state index in [4.69, 9.17) is 4.74 Å². The van der Waals surface area contributed by atoms with Crippen LogP contribution in [0.5, 0.6) is 5.75 Å². The van der Waals surface area contributed by atoms with Gasteiger partial charge in [-0.1, -0.05) is 12.1 Å². The fourth-order valence-corrected chi connectivity index (χ4v) is 3.55. The first-order chi connectivity index (χ1) is 14.6. The molecule has 9 heteroatoms. The zero-order valence-electron chi connectivity index (χ0n) is 16.3. The average molecular weight is 411 g/mol. The van der Waals surface area contributed by atoms with Crippen LogP contribution >= 0.6 is 0 Å². The van der Waals surface area contributed by atoms with Gasteiger partial charge < -0.3 is 14.7 Å². The summed E-state index contributed by atoms with van der Waals surface area (Å²) in [4.78, 5) is 14.6. The second-order valence-electron chi connectivity index (χ2n) is 7.31. The van der Waals surface area contributed by atoms with Gasteiger partial charge in [0.15, 0.2) is 0 Å². The van der Waals surface area contributed by atoms with Crippen molar-refractivity contribution in [3.63, 3.8) is 0 Å². The minimum Gasteiger partial charge on any atom is -0.491 e. The maximum absolute atomic E-state index is 13.1. The number of aromatic nitrogens is 4. The Morgan fingerprint density at radius 1 is 1.20 bits per heavy atom. The molecule has 0 spiro atoms. The second-order valence-corrected chi connectivity index (χ2v) is 7.31. The first-order valence-electron chi connectivity index (χ1n) is 9.75. The van der Waals surface area contributed by atoms with Gasteiger partial charge in [-0.2, -0.15) is 0 Å². The Bertz CT molecular complexity index is 963. The summed E-state index contributed by atoms with van der Waals surface area (Å²) in [7, 11) is 0. The van der Waals surface area contributed by atoms with Gasteiger partial charge in [0, 0.05) is 24.6 Å². The summed E-state index contributed by atoms with van der Waals surface area (Å²) < 4.78 is 20.1. The fourth-order valence-electron chi connectivity index (χ4n) is 3.55. The lowest BCUT2D eigenvalue weighted by Crippen LogP contribution is -2.28. The van der Waals surface area contributed by atoms with Gasteiger partial charge in [-0.05, 0) is 58.8 Å². The number of hydrogen-bond acceptors (Lipinski definition) is 6. The van der Waals surface area contributed by atoms with Crippen LogP contribution < -0.4 is 4.74 Å². The summed E-state index contributed by atoms with van der Waals surface area (Å²) in [6.07, 6.45) is 1.52. The van der Waals surface area contributed by atoms with Crippen LogP contribution in [0.2, 0.25) is 0 Å². The standard InChI is InChI=1S/C21H22FN5O3/c22-18-5-1-15(2-6-18)17-9-10-26(11-17)21(29)16-3-7-20(8-4-16)30-13-19(28)12-27-14-23-24-25-27/h1-8,14,17,19,28H,9-13H2. The van der Waals surface area contributed by atoms with Crippen LogP contribution in [-0.4, -0.2) is 61.9 Å². The van der Waals surface area contributed by atoms with Crippen molar-refractivity contribution in [3.05, 3.63) is 71.8 Å². The number of carbonyl (C=O) groups excluding carboxylic acids is 1. The van der Waals surface area contributed by atoms with E-state index in [-0.39, 0.29) is 30.8 Å². The highest BCUT2D eigenvalue weighted by Gasteiger charge is 2.28. The van der Waals surface area contributed by atoms with E-state index < -0.39 is 6.10 Å². The maximum atomic E-state index is 13.1. The van der Waals surface area contributed by atoms with Crippen molar-refractivity contribution >= 4 is 5.91 Å². The smallest absolute Gasteiger partial charge is 0.253 e. The number of aliphatic hydroxyl groups is 1. The van der Waals surface area contributed by atoms with Gasteiger partial charge in [-0.3, -0.25) is 4.79 Å². The summed E-state index contributed by atoms with van der Waals surface area (Å²) in [5.41, 5.74) is 1.63. The molecular weight excluding hydrogens is 389 g/mol. The molecule has 1 amide bonds. The largest absolute Gasteiger partial charge is 0.491 e. The number of halogens is 1. The topological polar surface area (TPSA) is 93.4 Å². The first kappa shape index (κ1) is 20.0. The number of tetrazole rings is 1. The van der Waals surface area contributed by atoms with Crippen molar-refractivity contribution in [3.8, 4) is 5.75 Å². The molecule has 1 fully saturated rings. The quantitative estimate of drug-likeness (QED) is 0.638. The molecule has 0 bridgehead atoms. The minimum absolute atomic E-state index is 0.0371. The molecule has 2 unspecified atom stereocenters. The van der Waals surface area contributed by atoms with Gasteiger partial charge in [-0.15, -0.1) is 5.10 Å². The molecule has 30 heavy (non-hydrogen) atoms. The monoisotopic (exact) mass is 411 g/mol. The number of aliphatic hydroxyl groups excluding tert-OH is 1. The van der Waals surface area contributed by atoms with E-state index >= 15 is 0 Å². The third-order valence-electron chi connectivity index (χ3n) is 5.15. The molecule has 8 nitrogen and oxygen atoms in total. The summed E-state index contributed by atoms with van der Waals surface area (Å²) in [6, 6.07) is 13.3. The van der Waals surface area contributed by atoms with E-state index in [1.54, 1.807) is 36.4 Å². The van der Waals surface area contributed by atoms with E-state index in [9.17, 15) is 14.3 Å². The van der Waals surface area contributed by atoms with Crippen LogP contribution in [-0.2, 0) is 6.54 Å². The Balaban J connectivity index is 1.29. The Kier molecular flexibility index (Phi) is 5.99.